The van der Waals surface area contributed by atoms with E-state index in [0.717, 1.165) is 12.1 Å². The highest BCUT2D eigenvalue weighted by Crippen LogP contribution is 2.35. The van der Waals surface area contributed by atoms with Gasteiger partial charge >= 0.3 is 0 Å². The van der Waals surface area contributed by atoms with Crippen molar-refractivity contribution in [1.29, 1.82) is 0 Å². The van der Waals surface area contributed by atoms with Crippen LogP contribution >= 0.6 is 12.4 Å². The second kappa shape index (κ2) is 5.24. The summed E-state index contributed by atoms with van der Waals surface area (Å²) in [4.78, 5) is 16.4. The second-order valence-electron chi connectivity index (χ2n) is 5.07. The first-order chi connectivity index (χ1) is 8.22. The number of nitrogens with zero attached hydrogens (tertiary/aromatic N) is 1. The van der Waals surface area contributed by atoms with Crippen LogP contribution in [0.25, 0.3) is 0 Å². The number of nitrogens with one attached hydrogen (secondary N) is 2. The van der Waals surface area contributed by atoms with Gasteiger partial charge in [-0.1, -0.05) is 6.07 Å². The average Bonchev–Trinajstić information content (AvgIpc) is 2.90. The summed E-state index contributed by atoms with van der Waals surface area (Å²) in [5.74, 6) is 1.24. The summed E-state index contributed by atoms with van der Waals surface area (Å²) in [5, 5.41) is 6.28. The Morgan fingerprint density at radius 1 is 1.44 bits per heavy atom. The average molecular weight is 268 g/mol. The first-order valence-electron chi connectivity index (χ1n) is 6.23. The first-order valence-corrected chi connectivity index (χ1v) is 6.23. The molecule has 0 aromatic carbocycles. The van der Waals surface area contributed by atoms with Crippen LogP contribution in [0.3, 0.4) is 0 Å². The monoisotopic (exact) mass is 267 g/mol. The Morgan fingerprint density at radius 3 is 2.89 bits per heavy atom. The number of aryl methyl sites for hydroxylation is 1. The summed E-state index contributed by atoms with van der Waals surface area (Å²) in [7, 11) is 0. The van der Waals surface area contributed by atoms with E-state index in [4.69, 9.17) is 0 Å². The van der Waals surface area contributed by atoms with Gasteiger partial charge in [-0.15, -0.1) is 12.4 Å². The predicted molar refractivity (Wildman–Crippen MR) is 72.9 cm³/mol. The van der Waals surface area contributed by atoms with Crippen molar-refractivity contribution in [3.05, 3.63) is 23.9 Å². The van der Waals surface area contributed by atoms with Gasteiger partial charge in [-0.2, -0.15) is 0 Å². The Bertz CT molecular complexity index is 452. The number of carbonyl (C=O) groups excluding carboxylic acids is 1. The van der Waals surface area contributed by atoms with E-state index in [1.807, 2.05) is 25.1 Å². The maximum Gasteiger partial charge on any atom is 0.242 e. The smallest absolute Gasteiger partial charge is 0.242 e. The van der Waals surface area contributed by atoms with Crippen LogP contribution in [0.4, 0.5) is 5.82 Å². The zero-order chi connectivity index (χ0) is 11.8. The molecule has 1 aliphatic carbocycles. The molecule has 3 atom stereocenters. The number of hydrogen-bond acceptors (Lipinski definition) is 3. The topological polar surface area (TPSA) is 54.0 Å². The van der Waals surface area contributed by atoms with Crippen LogP contribution in [0.5, 0.6) is 0 Å². The zero-order valence-corrected chi connectivity index (χ0v) is 11.2. The third kappa shape index (κ3) is 2.49. The van der Waals surface area contributed by atoms with E-state index < -0.39 is 0 Å². The van der Waals surface area contributed by atoms with E-state index in [1.54, 1.807) is 0 Å². The lowest BCUT2D eigenvalue weighted by Gasteiger charge is -2.21. The Kier molecular flexibility index (Phi) is 3.88. The number of anilines is 1. The van der Waals surface area contributed by atoms with E-state index in [2.05, 4.69) is 15.6 Å². The van der Waals surface area contributed by atoms with Crippen molar-refractivity contribution in [2.45, 2.75) is 38.3 Å². The molecule has 2 N–H and O–H groups in total. The van der Waals surface area contributed by atoms with Crippen molar-refractivity contribution in [2.75, 3.05) is 5.32 Å². The molecule has 98 valence electrons. The third-order valence-electron chi connectivity index (χ3n) is 3.78. The van der Waals surface area contributed by atoms with E-state index in [9.17, 15) is 4.79 Å². The molecule has 5 heteroatoms. The number of amides is 1. The van der Waals surface area contributed by atoms with Crippen molar-refractivity contribution < 1.29 is 4.79 Å². The molecule has 2 heterocycles. The minimum atomic E-state index is -0.0175. The summed E-state index contributed by atoms with van der Waals surface area (Å²) in [6, 6.07) is 6.20. The summed E-state index contributed by atoms with van der Waals surface area (Å²) < 4.78 is 0. The van der Waals surface area contributed by atoms with Crippen molar-refractivity contribution in [1.82, 2.24) is 10.3 Å². The molecule has 1 amide bonds. The van der Waals surface area contributed by atoms with Crippen molar-refractivity contribution in [2.24, 2.45) is 5.92 Å². The van der Waals surface area contributed by atoms with Crippen molar-refractivity contribution in [3.63, 3.8) is 0 Å². The molecule has 0 spiro atoms. The van der Waals surface area contributed by atoms with Gasteiger partial charge in [0.05, 0.1) is 6.04 Å². The Labute approximate surface area is 113 Å². The lowest BCUT2D eigenvalue weighted by atomic mass is 9.99. The predicted octanol–water partition coefficient (Wildman–Crippen LogP) is 1.89. The second-order valence-corrected chi connectivity index (χ2v) is 5.07. The van der Waals surface area contributed by atoms with E-state index in [1.165, 1.54) is 12.8 Å². The molecule has 2 fully saturated rings. The Balaban J connectivity index is 0.00000120. The SMILES string of the molecule is Cc1cccc(NC(=O)C2NC3CCC2C3)n1.Cl. The van der Waals surface area contributed by atoms with Gasteiger partial charge in [-0.05, 0) is 44.2 Å². The first kappa shape index (κ1) is 13.3. The highest BCUT2D eigenvalue weighted by Gasteiger charge is 2.42. The molecule has 1 saturated heterocycles. The quantitative estimate of drug-likeness (QED) is 0.860. The normalized spacial score (nSPS) is 28.8. The molecular weight excluding hydrogens is 250 g/mol. The molecule has 0 radical (unpaired) electrons. The molecule has 4 nitrogen and oxygen atoms in total. The summed E-state index contributed by atoms with van der Waals surface area (Å²) in [6.45, 7) is 1.92. The minimum absolute atomic E-state index is 0. The van der Waals surface area contributed by atoms with Crippen LogP contribution in [0.1, 0.15) is 25.0 Å². The number of halogens is 1. The molecule has 1 aromatic rings. The summed E-state index contributed by atoms with van der Waals surface area (Å²) >= 11 is 0. The van der Waals surface area contributed by atoms with Gasteiger partial charge in [0.1, 0.15) is 5.82 Å². The fourth-order valence-corrected chi connectivity index (χ4v) is 2.97. The number of hydrogen-bond donors (Lipinski definition) is 2. The maximum absolute atomic E-state index is 12.1. The zero-order valence-electron chi connectivity index (χ0n) is 10.3. The molecular formula is C13H18ClN3O. The number of aromatic nitrogens is 1. The number of fused-ring (bicyclic) bond motifs is 2. The third-order valence-corrected chi connectivity index (χ3v) is 3.78. The maximum atomic E-state index is 12.1. The van der Waals surface area contributed by atoms with Gasteiger partial charge in [-0.3, -0.25) is 4.79 Å². The van der Waals surface area contributed by atoms with Crippen LogP contribution in [0.15, 0.2) is 18.2 Å². The molecule has 1 saturated carbocycles. The fraction of sp³-hybridized carbons (Fsp3) is 0.538. The van der Waals surface area contributed by atoms with Crippen LogP contribution in [0, 0.1) is 12.8 Å². The highest BCUT2D eigenvalue weighted by atomic mass is 35.5. The summed E-state index contributed by atoms with van der Waals surface area (Å²) in [6.07, 6.45) is 3.55. The van der Waals surface area contributed by atoms with Crippen LogP contribution in [-0.2, 0) is 4.79 Å². The number of carbonyl (C=O) groups is 1. The van der Waals surface area contributed by atoms with E-state index in [-0.39, 0.29) is 24.4 Å². The van der Waals surface area contributed by atoms with Gasteiger partial charge in [-0.25, -0.2) is 4.98 Å². The van der Waals surface area contributed by atoms with E-state index >= 15 is 0 Å². The number of piperidine rings is 1. The molecule has 1 aromatic heterocycles. The molecule has 18 heavy (non-hydrogen) atoms. The minimum Gasteiger partial charge on any atom is -0.309 e. The molecule has 3 rings (SSSR count). The summed E-state index contributed by atoms with van der Waals surface area (Å²) in [5.41, 5.74) is 0.920. The van der Waals surface area contributed by atoms with Gasteiger partial charge in [0.2, 0.25) is 5.91 Å². The van der Waals surface area contributed by atoms with Crippen LogP contribution in [0.2, 0.25) is 0 Å². The fourth-order valence-electron chi connectivity index (χ4n) is 2.97. The highest BCUT2D eigenvalue weighted by molar-refractivity contribution is 5.94. The van der Waals surface area contributed by atoms with E-state index in [0.29, 0.717) is 17.8 Å². The Hall–Kier alpha value is -1.13. The lowest BCUT2D eigenvalue weighted by Crippen LogP contribution is -2.44. The van der Waals surface area contributed by atoms with Crippen LogP contribution in [-0.4, -0.2) is 23.0 Å². The molecule has 2 aliphatic rings. The lowest BCUT2D eigenvalue weighted by molar-refractivity contribution is -0.119. The number of rotatable bonds is 2. The molecule has 3 unspecified atom stereocenters. The van der Waals surface area contributed by atoms with Crippen molar-refractivity contribution in [3.8, 4) is 0 Å². The number of pyridine rings is 1. The van der Waals surface area contributed by atoms with Gasteiger partial charge in [0.15, 0.2) is 0 Å². The standard InChI is InChI=1S/C13H17N3O.ClH/c1-8-3-2-4-11(14-8)16-13(17)12-9-5-6-10(7-9)15-12;/h2-4,9-10,12,15H,5-7H2,1H3,(H,14,16,17);1H. The van der Waals surface area contributed by atoms with Crippen molar-refractivity contribution >= 4 is 24.1 Å². The molecule has 1 aliphatic heterocycles. The van der Waals surface area contributed by atoms with Crippen LogP contribution < -0.4 is 10.6 Å². The van der Waals surface area contributed by atoms with Gasteiger partial charge < -0.3 is 10.6 Å². The largest absolute Gasteiger partial charge is 0.309 e. The van der Waals surface area contributed by atoms with Gasteiger partial charge in [0.25, 0.3) is 0 Å². The van der Waals surface area contributed by atoms with Gasteiger partial charge in [0, 0.05) is 11.7 Å². The Morgan fingerprint density at radius 2 is 2.28 bits per heavy atom. The molecule has 2 bridgehead atoms.